The van der Waals surface area contributed by atoms with Gasteiger partial charge >= 0.3 is 0 Å². The van der Waals surface area contributed by atoms with Crippen molar-refractivity contribution in [2.75, 3.05) is 6.54 Å². The zero-order valence-corrected chi connectivity index (χ0v) is 11.3. The van der Waals surface area contributed by atoms with Gasteiger partial charge in [-0.15, -0.1) is 0 Å². The van der Waals surface area contributed by atoms with Crippen LogP contribution in [-0.2, 0) is 10.0 Å². The van der Waals surface area contributed by atoms with Crippen molar-refractivity contribution >= 4 is 16.3 Å². The maximum absolute atomic E-state index is 12.4. The van der Waals surface area contributed by atoms with E-state index >= 15 is 0 Å². The molecule has 5 nitrogen and oxygen atoms in total. The maximum Gasteiger partial charge on any atom is 0.276 e. The molecule has 0 saturated carbocycles. The van der Waals surface area contributed by atoms with Crippen LogP contribution in [0.3, 0.4) is 0 Å². The van der Waals surface area contributed by atoms with E-state index in [1.807, 2.05) is 13.8 Å². The minimum absolute atomic E-state index is 0.0137. The predicted octanol–water partition coefficient (Wildman–Crippen LogP) is 1.90. The van der Waals surface area contributed by atoms with Gasteiger partial charge in [0, 0.05) is 12.6 Å². The first-order chi connectivity index (χ1) is 8.46. The quantitative estimate of drug-likeness (QED) is 0.784. The molecule has 0 amide bonds. The second kappa shape index (κ2) is 4.85. The second-order valence-corrected chi connectivity index (χ2v) is 6.67. The molecule has 0 N–H and O–H groups in total. The smallest absolute Gasteiger partial charge is 0.276 e. The first-order valence-electron chi connectivity index (χ1n) is 6.03. The Bertz CT molecular complexity index is 532. The molecule has 1 atom stereocenters. The molecule has 2 heterocycles. The Morgan fingerprint density at radius 3 is 2.72 bits per heavy atom. The molecule has 1 aliphatic rings. The second-order valence-electron chi connectivity index (χ2n) is 4.84. The zero-order valence-electron chi connectivity index (χ0n) is 10.5. The normalized spacial score (nSPS) is 21.6. The average molecular weight is 271 g/mol. The molecule has 1 aliphatic heterocycles. The number of furan rings is 1. The first-order valence-corrected chi connectivity index (χ1v) is 7.47. The molecule has 2 rings (SSSR count). The number of carbonyl (C=O) groups excluding carboxylic acids is 1. The van der Waals surface area contributed by atoms with Crippen LogP contribution in [0.2, 0.25) is 0 Å². The van der Waals surface area contributed by atoms with Crippen LogP contribution in [0.4, 0.5) is 0 Å². The molecule has 100 valence electrons. The highest BCUT2D eigenvalue weighted by Gasteiger charge is 2.38. The number of hydrogen-bond acceptors (Lipinski definition) is 4. The van der Waals surface area contributed by atoms with Gasteiger partial charge in [-0.1, -0.05) is 13.8 Å². The van der Waals surface area contributed by atoms with E-state index in [4.69, 9.17) is 4.42 Å². The van der Waals surface area contributed by atoms with Crippen LogP contribution in [-0.4, -0.2) is 31.6 Å². The largest absolute Gasteiger partial charge is 0.440 e. The Labute approximate surface area is 107 Å². The Balaban J connectivity index is 2.33. The van der Waals surface area contributed by atoms with Crippen LogP contribution in [0.1, 0.15) is 37.2 Å². The van der Waals surface area contributed by atoms with Gasteiger partial charge in [0.1, 0.15) is 0 Å². The summed E-state index contributed by atoms with van der Waals surface area (Å²) in [6, 6.07) is 2.73. The molecule has 1 aromatic heterocycles. The highest BCUT2D eigenvalue weighted by Crippen LogP contribution is 2.30. The summed E-state index contributed by atoms with van der Waals surface area (Å²) in [6.45, 7) is 4.54. The molecular formula is C12H17NO4S. The Hall–Kier alpha value is -1.14. The third kappa shape index (κ3) is 2.22. The molecular weight excluding hydrogens is 254 g/mol. The van der Waals surface area contributed by atoms with E-state index in [0.29, 0.717) is 12.8 Å². The Morgan fingerprint density at radius 1 is 1.44 bits per heavy atom. The summed E-state index contributed by atoms with van der Waals surface area (Å²) in [7, 11) is -3.61. The van der Waals surface area contributed by atoms with Crippen LogP contribution < -0.4 is 0 Å². The van der Waals surface area contributed by atoms with E-state index in [2.05, 4.69) is 0 Å². The summed E-state index contributed by atoms with van der Waals surface area (Å²) >= 11 is 0. The highest BCUT2D eigenvalue weighted by molar-refractivity contribution is 7.89. The Morgan fingerprint density at radius 2 is 2.17 bits per heavy atom. The maximum atomic E-state index is 12.4. The molecule has 18 heavy (non-hydrogen) atoms. The van der Waals surface area contributed by atoms with Gasteiger partial charge in [0.2, 0.25) is 5.09 Å². The van der Waals surface area contributed by atoms with Gasteiger partial charge in [0.05, 0.1) is 0 Å². The number of hydrogen-bond donors (Lipinski definition) is 0. The number of aldehydes is 1. The lowest BCUT2D eigenvalue weighted by atomic mass is 10.0. The molecule has 0 radical (unpaired) electrons. The molecule has 1 saturated heterocycles. The van der Waals surface area contributed by atoms with Crippen LogP contribution in [0.25, 0.3) is 0 Å². The summed E-state index contributed by atoms with van der Waals surface area (Å²) in [5.74, 6) is 0.302. The fraction of sp³-hybridized carbons (Fsp3) is 0.583. The molecule has 1 aromatic rings. The zero-order chi connectivity index (χ0) is 13.3. The van der Waals surface area contributed by atoms with E-state index < -0.39 is 10.0 Å². The third-order valence-corrected chi connectivity index (χ3v) is 5.10. The standard InChI is InChI=1S/C12H17NO4S/c1-9(2)11-4-3-7-13(11)18(15,16)12-6-5-10(8-14)17-12/h5-6,8-9,11H,3-4,7H2,1-2H3. The van der Waals surface area contributed by atoms with Gasteiger partial charge in [-0.3, -0.25) is 4.79 Å². The van der Waals surface area contributed by atoms with E-state index in [0.717, 1.165) is 12.8 Å². The molecule has 1 fully saturated rings. The van der Waals surface area contributed by atoms with Crippen LogP contribution in [0.15, 0.2) is 21.6 Å². The van der Waals surface area contributed by atoms with Crippen molar-refractivity contribution in [3.63, 3.8) is 0 Å². The van der Waals surface area contributed by atoms with Gasteiger partial charge in [-0.2, -0.15) is 4.31 Å². The van der Waals surface area contributed by atoms with E-state index in [-0.39, 0.29) is 22.8 Å². The summed E-state index contributed by atoms with van der Waals surface area (Å²) in [6.07, 6.45) is 2.24. The van der Waals surface area contributed by atoms with Gasteiger partial charge in [-0.25, -0.2) is 8.42 Å². The van der Waals surface area contributed by atoms with Gasteiger partial charge in [0.15, 0.2) is 12.0 Å². The molecule has 6 heteroatoms. The summed E-state index contributed by atoms with van der Waals surface area (Å²) in [4.78, 5) is 10.5. The van der Waals surface area contributed by atoms with Crippen LogP contribution >= 0.6 is 0 Å². The molecule has 0 bridgehead atoms. The lowest BCUT2D eigenvalue weighted by molar-refractivity contribution is 0.109. The van der Waals surface area contributed by atoms with Crippen molar-refractivity contribution in [3.05, 3.63) is 17.9 Å². The number of rotatable bonds is 4. The van der Waals surface area contributed by atoms with Gasteiger partial charge in [0.25, 0.3) is 10.0 Å². The van der Waals surface area contributed by atoms with Crippen molar-refractivity contribution in [1.82, 2.24) is 4.31 Å². The number of sulfonamides is 1. The van der Waals surface area contributed by atoms with E-state index in [1.54, 1.807) is 0 Å². The lowest BCUT2D eigenvalue weighted by Gasteiger charge is -2.25. The van der Waals surface area contributed by atoms with E-state index in [9.17, 15) is 13.2 Å². The van der Waals surface area contributed by atoms with Gasteiger partial charge < -0.3 is 4.42 Å². The topological polar surface area (TPSA) is 67.6 Å². The molecule has 0 aromatic carbocycles. The highest BCUT2D eigenvalue weighted by atomic mass is 32.2. The molecule has 0 spiro atoms. The summed E-state index contributed by atoms with van der Waals surface area (Å²) < 4.78 is 31.3. The minimum Gasteiger partial charge on any atom is -0.440 e. The van der Waals surface area contributed by atoms with Crippen LogP contribution in [0.5, 0.6) is 0 Å². The first kappa shape index (κ1) is 13.3. The monoisotopic (exact) mass is 271 g/mol. The number of carbonyl (C=O) groups is 1. The molecule has 1 unspecified atom stereocenters. The van der Waals surface area contributed by atoms with Crippen molar-refractivity contribution in [3.8, 4) is 0 Å². The Kier molecular flexibility index (Phi) is 3.59. The van der Waals surface area contributed by atoms with Crippen molar-refractivity contribution in [2.45, 2.75) is 37.8 Å². The van der Waals surface area contributed by atoms with Crippen molar-refractivity contribution in [2.24, 2.45) is 5.92 Å². The minimum atomic E-state index is -3.61. The third-order valence-electron chi connectivity index (χ3n) is 3.30. The van der Waals surface area contributed by atoms with E-state index in [1.165, 1.54) is 16.4 Å². The number of nitrogens with zero attached hydrogens (tertiary/aromatic N) is 1. The SMILES string of the molecule is CC(C)C1CCCN1S(=O)(=O)c1ccc(C=O)o1. The van der Waals surface area contributed by atoms with Gasteiger partial charge in [-0.05, 0) is 30.9 Å². The fourth-order valence-corrected chi connectivity index (χ4v) is 4.13. The lowest BCUT2D eigenvalue weighted by Crippen LogP contribution is -2.38. The van der Waals surface area contributed by atoms with Crippen molar-refractivity contribution < 1.29 is 17.6 Å². The summed E-state index contributed by atoms with van der Waals surface area (Å²) in [5, 5.41) is -0.142. The molecule has 0 aliphatic carbocycles. The predicted molar refractivity (Wildman–Crippen MR) is 65.8 cm³/mol. The fourth-order valence-electron chi connectivity index (χ4n) is 2.38. The van der Waals surface area contributed by atoms with Crippen LogP contribution in [0, 0.1) is 5.92 Å². The summed E-state index contributed by atoms with van der Waals surface area (Å²) in [5.41, 5.74) is 0. The average Bonchev–Trinajstić information content (AvgIpc) is 2.98. The van der Waals surface area contributed by atoms with Crippen molar-refractivity contribution in [1.29, 1.82) is 0 Å².